The quantitative estimate of drug-likeness (QED) is 0.838. The molecule has 2 aromatic rings. The van der Waals surface area contributed by atoms with Crippen molar-refractivity contribution in [1.82, 2.24) is 5.32 Å². The Balaban J connectivity index is 1.65. The predicted octanol–water partition coefficient (Wildman–Crippen LogP) is 3.92. The van der Waals surface area contributed by atoms with E-state index in [1.54, 1.807) is 0 Å². The molecule has 1 saturated carbocycles. The van der Waals surface area contributed by atoms with Gasteiger partial charge in [0.05, 0.1) is 5.60 Å². The van der Waals surface area contributed by atoms with Crippen LogP contribution in [0, 0.1) is 6.92 Å². The first kappa shape index (κ1) is 14.6. The Kier molecular flexibility index (Phi) is 4.32. The monoisotopic (exact) mass is 287 g/mol. The van der Waals surface area contributed by atoms with E-state index in [0.29, 0.717) is 6.54 Å². The van der Waals surface area contributed by atoms with Crippen molar-refractivity contribution in [1.29, 1.82) is 0 Å². The van der Waals surface area contributed by atoms with Gasteiger partial charge in [-0.3, -0.25) is 0 Å². The minimum Gasteiger partial charge on any atom is -0.461 e. The lowest BCUT2D eigenvalue weighted by atomic mass is 9.94. The molecule has 1 fully saturated rings. The molecule has 0 atom stereocenters. The van der Waals surface area contributed by atoms with Gasteiger partial charge in [0.2, 0.25) is 0 Å². The van der Waals surface area contributed by atoms with Crippen molar-refractivity contribution in [2.24, 2.45) is 0 Å². The molecule has 2 N–H and O–H groups in total. The molecular weight excluding hydrogens is 262 g/mol. The number of aliphatic hydroxyl groups is 1. The van der Waals surface area contributed by atoms with Crippen LogP contribution < -0.4 is 5.32 Å². The van der Waals surface area contributed by atoms with E-state index in [1.165, 1.54) is 23.8 Å². The molecule has 1 aliphatic carbocycles. The maximum atomic E-state index is 10.7. The van der Waals surface area contributed by atoms with Crippen molar-refractivity contribution in [2.45, 2.75) is 57.6 Å². The van der Waals surface area contributed by atoms with E-state index in [2.05, 4.69) is 11.4 Å². The highest BCUT2D eigenvalue weighted by molar-refractivity contribution is 5.82. The Morgan fingerprint density at radius 1 is 1.14 bits per heavy atom. The standard InChI is InChI=1S/C18H25NO2/c1-14-16(15-8-4-5-9-17(15)21-14)12-19-13-18(20)10-6-2-3-7-11-18/h4-5,8-9,19-20H,2-3,6-7,10-13H2,1H3. The van der Waals surface area contributed by atoms with Crippen LogP contribution in [0.15, 0.2) is 28.7 Å². The van der Waals surface area contributed by atoms with E-state index in [-0.39, 0.29) is 0 Å². The molecule has 21 heavy (non-hydrogen) atoms. The zero-order valence-corrected chi connectivity index (χ0v) is 12.8. The van der Waals surface area contributed by atoms with Crippen LogP contribution in [0.2, 0.25) is 0 Å². The summed E-state index contributed by atoms with van der Waals surface area (Å²) in [6, 6.07) is 8.14. The number of furan rings is 1. The fourth-order valence-corrected chi connectivity index (χ4v) is 3.42. The molecule has 3 rings (SSSR count). The summed E-state index contributed by atoms with van der Waals surface area (Å²) in [6.45, 7) is 3.44. The Morgan fingerprint density at radius 3 is 2.62 bits per heavy atom. The zero-order chi connectivity index (χ0) is 14.7. The van der Waals surface area contributed by atoms with Crippen molar-refractivity contribution in [2.75, 3.05) is 6.54 Å². The van der Waals surface area contributed by atoms with Crippen LogP contribution in [0.25, 0.3) is 11.0 Å². The van der Waals surface area contributed by atoms with E-state index in [0.717, 1.165) is 43.6 Å². The highest BCUT2D eigenvalue weighted by Gasteiger charge is 2.27. The van der Waals surface area contributed by atoms with Gasteiger partial charge in [-0.05, 0) is 25.8 Å². The fourth-order valence-electron chi connectivity index (χ4n) is 3.42. The molecule has 0 amide bonds. The normalized spacial score (nSPS) is 18.8. The summed E-state index contributed by atoms with van der Waals surface area (Å²) in [5.41, 5.74) is 1.63. The van der Waals surface area contributed by atoms with Gasteiger partial charge in [0.1, 0.15) is 11.3 Å². The van der Waals surface area contributed by atoms with Gasteiger partial charge < -0.3 is 14.8 Å². The van der Waals surface area contributed by atoms with Gasteiger partial charge in [0.25, 0.3) is 0 Å². The topological polar surface area (TPSA) is 45.4 Å². The summed E-state index contributed by atoms with van der Waals surface area (Å²) >= 11 is 0. The lowest BCUT2D eigenvalue weighted by molar-refractivity contribution is 0.0250. The van der Waals surface area contributed by atoms with E-state index in [9.17, 15) is 5.11 Å². The Labute approximate surface area is 126 Å². The van der Waals surface area contributed by atoms with Crippen LogP contribution in [-0.4, -0.2) is 17.3 Å². The Hall–Kier alpha value is -1.32. The van der Waals surface area contributed by atoms with Gasteiger partial charge >= 0.3 is 0 Å². The summed E-state index contributed by atoms with van der Waals surface area (Å²) < 4.78 is 5.78. The molecule has 3 heteroatoms. The van der Waals surface area contributed by atoms with Gasteiger partial charge in [-0.1, -0.05) is 43.9 Å². The third kappa shape index (κ3) is 3.30. The van der Waals surface area contributed by atoms with E-state index in [1.807, 2.05) is 25.1 Å². The SMILES string of the molecule is Cc1oc2ccccc2c1CNCC1(O)CCCCCC1. The van der Waals surface area contributed by atoms with Crippen molar-refractivity contribution in [3.8, 4) is 0 Å². The summed E-state index contributed by atoms with van der Waals surface area (Å²) in [5.74, 6) is 0.969. The zero-order valence-electron chi connectivity index (χ0n) is 12.8. The van der Waals surface area contributed by atoms with Gasteiger partial charge in [-0.25, -0.2) is 0 Å². The molecule has 114 valence electrons. The molecule has 0 spiro atoms. The average molecular weight is 287 g/mol. The second kappa shape index (κ2) is 6.20. The van der Waals surface area contributed by atoms with Gasteiger partial charge in [0.15, 0.2) is 0 Å². The van der Waals surface area contributed by atoms with E-state index in [4.69, 9.17) is 4.42 Å². The molecule has 3 nitrogen and oxygen atoms in total. The first-order chi connectivity index (χ1) is 10.2. The highest BCUT2D eigenvalue weighted by Crippen LogP contribution is 2.28. The van der Waals surface area contributed by atoms with Crippen molar-refractivity contribution in [3.63, 3.8) is 0 Å². The number of rotatable bonds is 4. The Bertz CT molecular complexity index is 594. The fraction of sp³-hybridized carbons (Fsp3) is 0.556. The van der Waals surface area contributed by atoms with Crippen LogP contribution in [0.5, 0.6) is 0 Å². The predicted molar refractivity (Wildman–Crippen MR) is 85.3 cm³/mol. The van der Waals surface area contributed by atoms with E-state index >= 15 is 0 Å². The van der Waals surface area contributed by atoms with Crippen LogP contribution in [-0.2, 0) is 6.54 Å². The smallest absolute Gasteiger partial charge is 0.134 e. The van der Waals surface area contributed by atoms with Gasteiger partial charge in [-0.2, -0.15) is 0 Å². The van der Waals surface area contributed by atoms with Crippen LogP contribution >= 0.6 is 0 Å². The highest BCUT2D eigenvalue weighted by atomic mass is 16.3. The summed E-state index contributed by atoms with van der Waals surface area (Å²) in [4.78, 5) is 0. The lowest BCUT2D eigenvalue weighted by Crippen LogP contribution is -2.39. The second-order valence-electron chi connectivity index (χ2n) is 6.38. The first-order valence-electron chi connectivity index (χ1n) is 8.08. The minimum absolute atomic E-state index is 0.524. The van der Waals surface area contributed by atoms with Crippen molar-refractivity contribution < 1.29 is 9.52 Å². The summed E-state index contributed by atoms with van der Waals surface area (Å²) in [7, 11) is 0. The summed E-state index contributed by atoms with van der Waals surface area (Å²) in [5, 5.41) is 15.3. The van der Waals surface area contributed by atoms with Crippen molar-refractivity contribution >= 4 is 11.0 Å². The third-order valence-corrected chi connectivity index (χ3v) is 4.69. The number of hydrogen-bond donors (Lipinski definition) is 2. The maximum absolute atomic E-state index is 10.7. The third-order valence-electron chi connectivity index (χ3n) is 4.69. The molecule has 0 aliphatic heterocycles. The minimum atomic E-state index is -0.524. The number of nitrogens with one attached hydrogen (secondary N) is 1. The average Bonchev–Trinajstić information content (AvgIpc) is 2.64. The number of aryl methyl sites for hydroxylation is 1. The van der Waals surface area contributed by atoms with Gasteiger partial charge in [0, 0.05) is 24.0 Å². The molecule has 1 heterocycles. The molecule has 0 radical (unpaired) electrons. The molecular formula is C18H25NO2. The van der Waals surface area contributed by atoms with Crippen LogP contribution in [0.1, 0.15) is 49.8 Å². The maximum Gasteiger partial charge on any atom is 0.134 e. The van der Waals surface area contributed by atoms with Crippen LogP contribution in [0.4, 0.5) is 0 Å². The largest absolute Gasteiger partial charge is 0.461 e. The van der Waals surface area contributed by atoms with Crippen LogP contribution in [0.3, 0.4) is 0 Å². The first-order valence-corrected chi connectivity index (χ1v) is 8.08. The number of benzene rings is 1. The van der Waals surface area contributed by atoms with Gasteiger partial charge in [-0.15, -0.1) is 0 Å². The number of fused-ring (bicyclic) bond motifs is 1. The second-order valence-corrected chi connectivity index (χ2v) is 6.38. The molecule has 0 unspecified atom stereocenters. The molecule has 1 aliphatic rings. The molecule has 1 aromatic carbocycles. The molecule has 0 bridgehead atoms. The Morgan fingerprint density at radius 2 is 1.86 bits per heavy atom. The molecule has 1 aromatic heterocycles. The number of hydrogen-bond acceptors (Lipinski definition) is 3. The molecule has 0 saturated heterocycles. The lowest BCUT2D eigenvalue weighted by Gasteiger charge is -2.27. The van der Waals surface area contributed by atoms with E-state index < -0.39 is 5.60 Å². The number of para-hydroxylation sites is 1. The van der Waals surface area contributed by atoms with Crippen molar-refractivity contribution in [3.05, 3.63) is 35.6 Å². The summed E-state index contributed by atoms with van der Waals surface area (Å²) in [6.07, 6.45) is 6.65.